The lowest BCUT2D eigenvalue weighted by atomic mass is 9.79. The van der Waals surface area contributed by atoms with Crippen molar-refractivity contribution < 1.29 is 9.90 Å². The average Bonchev–Trinajstić information content (AvgIpc) is 2.66. The second kappa shape index (κ2) is 3.57. The molecule has 1 N–H and O–H groups in total. The SMILES string of the molecule is C[C@]12CCC(=O)N1[C@H](CO)Cc1ccccc12. The molecule has 3 rings (SSSR count). The van der Waals surface area contributed by atoms with Crippen molar-refractivity contribution in [1.29, 1.82) is 0 Å². The smallest absolute Gasteiger partial charge is 0.223 e. The molecular weight excluding hydrogens is 214 g/mol. The van der Waals surface area contributed by atoms with E-state index in [1.807, 2.05) is 17.0 Å². The lowest BCUT2D eigenvalue weighted by Crippen LogP contribution is -2.53. The van der Waals surface area contributed by atoms with E-state index in [4.69, 9.17) is 0 Å². The fraction of sp³-hybridized carbons (Fsp3) is 0.500. The Kier molecular flexibility index (Phi) is 2.26. The Labute approximate surface area is 101 Å². The van der Waals surface area contributed by atoms with Gasteiger partial charge in [0.1, 0.15) is 0 Å². The van der Waals surface area contributed by atoms with Crippen molar-refractivity contribution in [2.24, 2.45) is 0 Å². The van der Waals surface area contributed by atoms with Crippen LogP contribution in [0.1, 0.15) is 30.9 Å². The highest BCUT2D eigenvalue weighted by molar-refractivity contribution is 5.81. The maximum Gasteiger partial charge on any atom is 0.223 e. The van der Waals surface area contributed by atoms with Gasteiger partial charge in [0.15, 0.2) is 0 Å². The second-order valence-corrected chi connectivity index (χ2v) is 5.24. The van der Waals surface area contributed by atoms with E-state index in [1.54, 1.807) is 0 Å². The molecule has 0 saturated carbocycles. The molecule has 3 heteroatoms. The van der Waals surface area contributed by atoms with Crippen LogP contribution in [0.2, 0.25) is 0 Å². The van der Waals surface area contributed by atoms with Crippen molar-refractivity contribution >= 4 is 5.91 Å². The predicted molar refractivity (Wildman–Crippen MR) is 64.5 cm³/mol. The maximum absolute atomic E-state index is 12.0. The Balaban J connectivity index is 2.16. The van der Waals surface area contributed by atoms with Crippen LogP contribution in [0.3, 0.4) is 0 Å². The van der Waals surface area contributed by atoms with Crippen molar-refractivity contribution in [3.8, 4) is 0 Å². The van der Waals surface area contributed by atoms with Gasteiger partial charge < -0.3 is 10.0 Å². The van der Waals surface area contributed by atoms with Crippen molar-refractivity contribution in [1.82, 2.24) is 4.90 Å². The highest BCUT2D eigenvalue weighted by atomic mass is 16.3. The van der Waals surface area contributed by atoms with Crippen LogP contribution >= 0.6 is 0 Å². The Hall–Kier alpha value is -1.35. The van der Waals surface area contributed by atoms with Gasteiger partial charge in [-0.2, -0.15) is 0 Å². The van der Waals surface area contributed by atoms with Crippen LogP contribution in [-0.4, -0.2) is 28.6 Å². The zero-order valence-corrected chi connectivity index (χ0v) is 10.0. The summed E-state index contributed by atoms with van der Waals surface area (Å²) in [5, 5.41) is 9.50. The largest absolute Gasteiger partial charge is 0.394 e. The molecule has 1 fully saturated rings. The summed E-state index contributed by atoms with van der Waals surface area (Å²) < 4.78 is 0. The first-order chi connectivity index (χ1) is 8.16. The molecule has 0 aromatic heterocycles. The molecule has 90 valence electrons. The molecule has 1 aromatic rings. The lowest BCUT2D eigenvalue weighted by Gasteiger charge is -2.46. The summed E-state index contributed by atoms with van der Waals surface area (Å²) in [6.45, 7) is 2.17. The number of fused-ring (bicyclic) bond motifs is 3. The molecule has 17 heavy (non-hydrogen) atoms. The molecule has 1 aromatic carbocycles. The number of aliphatic hydroxyl groups excluding tert-OH is 1. The van der Waals surface area contributed by atoms with Crippen molar-refractivity contribution in [3.05, 3.63) is 35.4 Å². The summed E-state index contributed by atoms with van der Waals surface area (Å²) in [5.41, 5.74) is 2.33. The molecule has 0 spiro atoms. The topological polar surface area (TPSA) is 40.5 Å². The molecule has 0 aliphatic carbocycles. The van der Waals surface area contributed by atoms with Crippen LogP contribution in [0.25, 0.3) is 0 Å². The summed E-state index contributed by atoms with van der Waals surface area (Å²) >= 11 is 0. The highest BCUT2D eigenvalue weighted by Crippen LogP contribution is 2.45. The van der Waals surface area contributed by atoms with Gasteiger partial charge in [-0.15, -0.1) is 0 Å². The minimum atomic E-state index is -0.209. The molecule has 2 heterocycles. The Morgan fingerprint density at radius 1 is 1.47 bits per heavy atom. The summed E-state index contributed by atoms with van der Waals surface area (Å²) in [4.78, 5) is 13.9. The van der Waals surface area contributed by atoms with E-state index in [1.165, 1.54) is 11.1 Å². The summed E-state index contributed by atoms with van der Waals surface area (Å²) in [6, 6.07) is 8.25. The first kappa shape index (κ1) is 10.8. The number of rotatable bonds is 1. The zero-order chi connectivity index (χ0) is 12.0. The monoisotopic (exact) mass is 231 g/mol. The Bertz CT molecular complexity index is 471. The van der Waals surface area contributed by atoms with Gasteiger partial charge in [-0.25, -0.2) is 0 Å². The quantitative estimate of drug-likeness (QED) is 0.794. The number of nitrogens with zero attached hydrogens (tertiary/aromatic N) is 1. The number of hydrogen-bond acceptors (Lipinski definition) is 2. The number of carbonyl (C=O) groups is 1. The molecule has 1 saturated heterocycles. The summed E-state index contributed by atoms with van der Waals surface area (Å²) in [7, 11) is 0. The lowest BCUT2D eigenvalue weighted by molar-refractivity contribution is -0.135. The van der Waals surface area contributed by atoms with Crippen molar-refractivity contribution in [2.75, 3.05) is 6.61 Å². The van der Waals surface area contributed by atoms with E-state index < -0.39 is 0 Å². The van der Waals surface area contributed by atoms with Crippen LogP contribution in [0.5, 0.6) is 0 Å². The van der Waals surface area contributed by atoms with E-state index in [0.717, 1.165) is 12.8 Å². The van der Waals surface area contributed by atoms with E-state index in [-0.39, 0.29) is 24.1 Å². The van der Waals surface area contributed by atoms with E-state index in [9.17, 15) is 9.90 Å². The first-order valence-electron chi connectivity index (χ1n) is 6.18. The number of aliphatic hydroxyl groups is 1. The van der Waals surface area contributed by atoms with Gasteiger partial charge in [0.2, 0.25) is 5.91 Å². The molecule has 2 aliphatic heterocycles. The van der Waals surface area contributed by atoms with E-state index in [0.29, 0.717) is 6.42 Å². The predicted octanol–water partition coefficient (Wildman–Crippen LogP) is 1.44. The van der Waals surface area contributed by atoms with Gasteiger partial charge in [0, 0.05) is 6.42 Å². The molecule has 1 amide bonds. The molecule has 0 unspecified atom stereocenters. The maximum atomic E-state index is 12.0. The van der Waals surface area contributed by atoms with Crippen molar-refractivity contribution in [3.63, 3.8) is 0 Å². The Morgan fingerprint density at radius 2 is 2.24 bits per heavy atom. The van der Waals surface area contributed by atoms with Crippen molar-refractivity contribution in [2.45, 2.75) is 37.8 Å². The third-order valence-corrected chi connectivity index (χ3v) is 4.26. The Morgan fingerprint density at radius 3 is 3.00 bits per heavy atom. The number of amides is 1. The van der Waals surface area contributed by atoms with Gasteiger partial charge >= 0.3 is 0 Å². The van der Waals surface area contributed by atoms with Crippen LogP contribution in [0, 0.1) is 0 Å². The number of benzene rings is 1. The number of hydrogen-bond donors (Lipinski definition) is 1. The van der Waals surface area contributed by atoms with E-state index >= 15 is 0 Å². The fourth-order valence-corrected chi connectivity index (χ4v) is 3.45. The van der Waals surface area contributed by atoms with Gasteiger partial charge in [0.05, 0.1) is 18.2 Å². The van der Waals surface area contributed by atoms with Crippen LogP contribution in [-0.2, 0) is 16.8 Å². The zero-order valence-electron chi connectivity index (χ0n) is 10.0. The molecule has 3 nitrogen and oxygen atoms in total. The fourth-order valence-electron chi connectivity index (χ4n) is 3.45. The molecule has 2 atom stereocenters. The minimum absolute atomic E-state index is 0.0510. The standard InChI is InChI=1S/C14H17NO2/c1-14-7-6-13(17)15(14)11(9-16)8-10-4-2-3-5-12(10)14/h2-5,11,16H,6-9H2,1H3/t11-,14+/m0/s1. The third kappa shape index (κ3) is 1.35. The summed E-state index contributed by atoms with van der Waals surface area (Å²) in [6.07, 6.45) is 2.23. The second-order valence-electron chi connectivity index (χ2n) is 5.24. The summed E-state index contributed by atoms with van der Waals surface area (Å²) in [5.74, 6) is 0.182. The number of carbonyl (C=O) groups excluding carboxylic acids is 1. The van der Waals surface area contributed by atoms with Crippen LogP contribution < -0.4 is 0 Å². The van der Waals surface area contributed by atoms with Gasteiger partial charge in [-0.1, -0.05) is 24.3 Å². The van der Waals surface area contributed by atoms with Gasteiger partial charge in [-0.3, -0.25) is 4.79 Å². The highest BCUT2D eigenvalue weighted by Gasteiger charge is 2.49. The van der Waals surface area contributed by atoms with Crippen LogP contribution in [0.15, 0.2) is 24.3 Å². The normalized spacial score (nSPS) is 31.3. The third-order valence-electron chi connectivity index (χ3n) is 4.26. The van der Waals surface area contributed by atoms with Gasteiger partial charge in [0.25, 0.3) is 0 Å². The molecular formula is C14H17NO2. The average molecular weight is 231 g/mol. The van der Waals surface area contributed by atoms with Crippen LogP contribution in [0.4, 0.5) is 0 Å². The van der Waals surface area contributed by atoms with E-state index in [2.05, 4.69) is 19.1 Å². The first-order valence-corrected chi connectivity index (χ1v) is 6.18. The molecule has 0 radical (unpaired) electrons. The van der Waals surface area contributed by atoms with Gasteiger partial charge in [-0.05, 0) is 30.9 Å². The minimum Gasteiger partial charge on any atom is -0.394 e. The molecule has 0 bridgehead atoms. The molecule has 2 aliphatic rings.